The summed E-state index contributed by atoms with van der Waals surface area (Å²) in [5.74, 6) is 0.653. The van der Waals surface area contributed by atoms with Gasteiger partial charge in [0.05, 0.1) is 17.1 Å². The van der Waals surface area contributed by atoms with E-state index in [0.717, 1.165) is 22.6 Å². The summed E-state index contributed by atoms with van der Waals surface area (Å²) < 4.78 is 0. The van der Waals surface area contributed by atoms with Gasteiger partial charge in [-0.3, -0.25) is 5.43 Å². The second-order valence-electron chi connectivity index (χ2n) is 4.94. The number of rotatable bonds is 3. The molecule has 0 radical (unpaired) electrons. The number of nitrogens with one attached hydrogen (secondary N) is 1. The number of benzene rings is 2. The molecular formula is C17H17N5. The largest absolute Gasteiger partial charge is 0.276 e. The number of nitrogens with zero attached hydrogens (tertiary/aromatic N) is 4. The first kappa shape index (κ1) is 14.0. The lowest BCUT2D eigenvalue weighted by molar-refractivity contribution is 0.783. The van der Waals surface area contributed by atoms with E-state index in [2.05, 4.69) is 20.7 Å². The molecule has 3 rings (SSSR count). The molecule has 22 heavy (non-hydrogen) atoms. The van der Waals surface area contributed by atoms with Crippen LogP contribution in [0.3, 0.4) is 0 Å². The highest BCUT2D eigenvalue weighted by Crippen LogP contribution is 2.08. The van der Waals surface area contributed by atoms with Crippen molar-refractivity contribution in [1.29, 1.82) is 0 Å². The van der Waals surface area contributed by atoms with Gasteiger partial charge in [-0.15, -0.1) is 4.80 Å². The summed E-state index contributed by atoms with van der Waals surface area (Å²) in [4.78, 5) is 1.57. The highest BCUT2D eigenvalue weighted by atomic mass is 15.5. The molecule has 5 nitrogen and oxygen atoms in total. The third kappa shape index (κ3) is 3.03. The standard InChI is InChI=1S/C17H17N5/c1-13-14(2)21-22(20-13)17(15-9-5-3-6-10-15)19-18-16-11-7-4-8-12-16/h3-12,18H,1-2H3/b19-17+. The van der Waals surface area contributed by atoms with Crippen LogP contribution >= 0.6 is 0 Å². The van der Waals surface area contributed by atoms with Crippen molar-refractivity contribution in [2.24, 2.45) is 5.10 Å². The topological polar surface area (TPSA) is 55.1 Å². The minimum Gasteiger partial charge on any atom is -0.276 e. The zero-order valence-electron chi connectivity index (χ0n) is 12.6. The Bertz CT molecular complexity index is 756. The molecule has 0 atom stereocenters. The fraction of sp³-hybridized carbons (Fsp3) is 0.118. The first-order valence-corrected chi connectivity index (χ1v) is 7.09. The van der Waals surface area contributed by atoms with Crippen molar-refractivity contribution in [3.05, 3.63) is 77.6 Å². The zero-order chi connectivity index (χ0) is 15.4. The van der Waals surface area contributed by atoms with Crippen molar-refractivity contribution in [2.75, 3.05) is 5.43 Å². The molecule has 5 heteroatoms. The highest BCUT2D eigenvalue weighted by molar-refractivity contribution is 5.99. The van der Waals surface area contributed by atoms with E-state index in [-0.39, 0.29) is 0 Å². The Morgan fingerprint density at radius 2 is 1.41 bits per heavy atom. The molecule has 0 saturated heterocycles. The van der Waals surface area contributed by atoms with Crippen LogP contribution in [0.25, 0.3) is 0 Å². The Kier molecular flexibility index (Phi) is 3.96. The molecule has 0 aliphatic rings. The SMILES string of the molecule is Cc1nn(/C(=N/Nc2ccccc2)c2ccccc2)nc1C. The zero-order valence-corrected chi connectivity index (χ0v) is 12.6. The van der Waals surface area contributed by atoms with Crippen LogP contribution in [0.4, 0.5) is 5.69 Å². The molecule has 0 aliphatic heterocycles. The number of anilines is 1. The van der Waals surface area contributed by atoms with E-state index in [1.54, 1.807) is 4.80 Å². The summed E-state index contributed by atoms with van der Waals surface area (Å²) >= 11 is 0. The monoisotopic (exact) mass is 291 g/mol. The Balaban J connectivity index is 1.99. The van der Waals surface area contributed by atoms with E-state index in [0.29, 0.717) is 5.84 Å². The molecule has 2 aromatic carbocycles. The summed E-state index contributed by atoms with van der Waals surface area (Å²) in [6.07, 6.45) is 0. The first-order valence-electron chi connectivity index (χ1n) is 7.09. The molecule has 0 bridgehead atoms. The second kappa shape index (κ2) is 6.22. The summed E-state index contributed by atoms with van der Waals surface area (Å²) in [5.41, 5.74) is 6.70. The molecule has 0 aliphatic carbocycles. The molecule has 0 unspecified atom stereocenters. The van der Waals surface area contributed by atoms with Crippen molar-refractivity contribution >= 4 is 11.5 Å². The average Bonchev–Trinajstić information content (AvgIpc) is 2.89. The van der Waals surface area contributed by atoms with E-state index in [1.165, 1.54) is 0 Å². The molecule has 0 amide bonds. The molecule has 0 saturated carbocycles. The van der Waals surface area contributed by atoms with Crippen LogP contribution in [0.2, 0.25) is 0 Å². The summed E-state index contributed by atoms with van der Waals surface area (Å²) in [6.45, 7) is 3.87. The van der Waals surface area contributed by atoms with Gasteiger partial charge in [-0.2, -0.15) is 15.3 Å². The molecule has 1 N–H and O–H groups in total. The van der Waals surface area contributed by atoms with Crippen molar-refractivity contribution in [3.63, 3.8) is 0 Å². The number of aryl methyl sites for hydroxylation is 2. The van der Waals surface area contributed by atoms with Crippen LogP contribution in [0.15, 0.2) is 65.8 Å². The van der Waals surface area contributed by atoms with Gasteiger partial charge in [0.25, 0.3) is 0 Å². The average molecular weight is 291 g/mol. The lowest BCUT2D eigenvalue weighted by atomic mass is 10.2. The van der Waals surface area contributed by atoms with E-state index in [4.69, 9.17) is 0 Å². The number of hydrogen-bond donors (Lipinski definition) is 1. The number of hydrazone groups is 1. The van der Waals surface area contributed by atoms with Crippen molar-refractivity contribution in [1.82, 2.24) is 15.0 Å². The third-order valence-corrected chi connectivity index (χ3v) is 3.30. The van der Waals surface area contributed by atoms with E-state index in [9.17, 15) is 0 Å². The molecule has 110 valence electrons. The maximum absolute atomic E-state index is 4.49. The summed E-state index contributed by atoms with van der Waals surface area (Å²) in [6, 6.07) is 19.7. The maximum atomic E-state index is 4.49. The van der Waals surface area contributed by atoms with Gasteiger partial charge in [0.1, 0.15) is 0 Å². The van der Waals surface area contributed by atoms with Gasteiger partial charge >= 0.3 is 0 Å². The van der Waals surface area contributed by atoms with E-state index < -0.39 is 0 Å². The predicted octanol–water partition coefficient (Wildman–Crippen LogP) is 3.22. The van der Waals surface area contributed by atoms with Gasteiger partial charge in [0.15, 0.2) is 0 Å². The van der Waals surface area contributed by atoms with Gasteiger partial charge in [0, 0.05) is 5.56 Å². The minimum absolute atomic E-state index is 0.653. The third-order valence-electron chi connectivity index (χ3n) is 3.30. The lowest BCUT2D eigenvalue weighted by Gasteiger charge is -2.06. The fourth-order valence-corrected chi connectivity index (χ4v) is 1.99. The van der Waals surface area contributed by atoms with Gasteiger partial charge in [-0.25, -0.2) is 0 Å². The van der Waals surface area contributed by atoms with Crippen LogP contribution in [-0.4, -0.2) is 20.8 Å². The maximum Gasteiger partial charge on any atom is 0.201 e. The van der Waals surface area contributed by atoms with Crippen LogP contribution < -0.4 is 5.43 Å². The predicted molar refractivity (Wildman–Crippen MR) is 87.9 cm³/mol. The van der Waals surface area contributed by atoms with Gasteiger partial charge in [0.2, 0.25) is 5.84 Å². The Hall–Kier alpha value is -2.95. The smallest absolute Gasteiger partial charge is 0.201 e. The Labute approximate surface area is 129 Å². The molecule has 3 aromatic rings. The number of para-hydroxylation sites is 1. The van der Waals surface area contributed by atoms with Crippen LogP contribution in [0.5, 0.6) is 0 Å². The molecular weight excluding hydrogens is 274 g/mol. The van der Waals surface area contributed by atoms with Gasteiger partial charge in [-0.1, -0.05) is 48.5 Å². The quantitative estimate of drug-likeness (QED) is 0.458. The summed E-state index contributed by atoms with van der Waals surface area (Å²) in [5, 5.41) is 13.4. The highest BCUT2D eigenvalue weighted by Gasteiger charge is 2.11. The van der Waals surface area contributed by atoms with Crippen LogP contribution in [-0.2, 0) is 0 Å². The molecule has 1 aromatic heterocycles. The van der Waals surface area contributed by atoms with E-state index >= 15 is 0 Å². The molecule has 0 spiro atoms. The van der Waals surface area contributed by atoms with Gasteiger partial charge in [-0.05, 0) is 26.0 Å². The Morgan fingerprint density at radius 3 is 2.00 bits per heavy atom. The fourth-order valence-electron chi connectivity index (χ4n) is 1.99. The van der Waals surface area contributed by atoms with Gasteiger partial charge < -0.3 is 0 Å². The lowest BCUT2D eigenvalue weighted by Crippen LogP contribution is -2.18. The first-order chi connectivity index (χ1) is 10.7. The number of hydrogen-bond acceptors (Lipinski definition) is 4. The van der Waals surface area contributed by atoms with Crippen molar-refractivity contribution in [2.45, 2.75) is 13.8 Å². The normalized spacial score (nSPS) is 11.5. The number of aromatic nitrogens is 3. The minimum atomic E-state index is 0.653. The van der Waals surface area contributed by atoms with E-state index in [1.807, 2.05) is 74.5 Å². The van der Waals surface area contributed by atoms with Crippen molar-refractivity contribution < 1.29 is 0 Å². The van der Waals surface area contributed by atoms with Crippen LogP contribution in [0, 0.1) is 13.8 Å². The van der Waals surface area contributed by atoms with Crippen LogP contribution in [0.1, 0.15) is 17.0 Å². The van der Waals surface area contributed by atoms with Crippen molar-refractivity contribution in [3.8, 4) is 0 Å². The Morgan fingerprint density at radius 1 is 0.864 bits per heavy atom. The molecule has 1 heterocycles. The summed E-state index contributed by atoms with van der Waals surface area (Å²) in [7, 11) is 0. The second-order valence-corrected chi connectivity index (χ2v) is 4.94. The molecule has 0 fully saturated rings.